The molecule has 0 saturated heterocycles. The van der Waals surface area contributed by atoms with E-state index in [1.807, 2.05) is 0 Å². The van der Waals surface area contributed by atoms with Crippen LogP contribution in [0, 0.1) is 5.92 Å². The first kappa shape index (κ1) is 11.4. The highest BCUT2D eigenvalue weighted by Crippen LogP contribution is 2.37. The highest BCUT2D eigenvalue weighted by atomic mass is 15.2. The maximum absolute atomic E-state index is 5.68. The van der Waals surface area contributed by atoms with Crippen LogP contribution < -0.4 is 16.2 Å². The minimum atomic E-state index is 0.314. The van der Waals surface area contributed by atoms with Gasteiger partial charge in [0.25, 0.3) is 0 Å². The lowest BCUT2D eigenvalue weighted by molar-refractivity contribution is 0.232. The summed E-state index contributed by atoms with van der Waals surface area (Å²) in [5, 5.41) is 0. The molecule has 1 fully saturated rings. The van der Waals surface area contributed by atoms with Gasteiger partial charge < -0.3 is 4.90 Å². The van der Waals surface area contributed by atoms with Gasteiger partial charge in [-0.1, -0.05) is 18.6 Å². The molecule has 1 unspecified atom stereocenters. The van der Waals surface area contributed by atoms with Gasteiger partial charge in [-0.25, -0.2) is 0 Å². The molecule has 0 aliphatic heterocycles. The molecule has 1 atom stereocenters. The van der Waals surface area contributed by atoms with Crippen LogP contribution in [-0.4, -0.2) is 14.1 Å². The van der Waals surface area contributed by atoms with Crippen LogP contribution in [-0.2, 0) is 0 Å². The maximum Gasteiger partial charge on any atom is 0.0488 e. The Kier molecular flexibility index (Phi) is 3.46. The van der Waals surface area contributed by atoms with Crippen molar-refractivity contribution in [1.82, 2.24) is 5.43 Å². The Morgan fingerprint density at radius 3 is 2.62 bits per heavy atom. The zero-order valence-corrected chi connectivity index (χ0v) is 10.1. The number of nitrogens with zero attached hydrogens (tertiary/aromatic N) is 1. The molecule has 0 radical (unpaired) electrons. The zero-order valence-electron chi connectivity index (χ0n) is 10.1. The Morgan fingerprint density at radius 1 is 1.38 bits per heavy atom. The lowest BCUT2D eigenvalue weighted by Gasteiger charge is -2.34. The van der Waals surface area contributed by atoms with E-state index in [1.54, 1.807) is 0 Å². The Morgan fingerprint density at radius 2 is 2.12 bits per heavy atom. The van der Waals surface area contributed by atoms with Gasteiger partial charge in [-0.15, -0.1) is 0 Å². The van der Waals surface area contributed by atoms with Crippen LogP contribution in [0.15, 0.2) is 24.3 Å². The lowest BCUT2D eigenvalue weighted by atomic mass is 9.77. The van der Waals surface area contributed by atoms with E-state index in [-0.39, 0.29) is 0 Å². The smallest absolute Gasteiger partial charge is 0.0488 e. The molecule has 1 aliphatic carbocycles. The third kappa shape index (κ3) is 2.20. The van der Waals surface area contributed by atoms with Crippen LogP contribution in [0.2, 0.25) is 0 Å². The average Bonchev–Trinajstić information content (AvgIpc) is 2.23. The molecule has 3 heteroatoms. The second kappa shape index (κ2) is 4.85. The van der Waals surface area contributed by atoms with Crippen LogP contribution in [0.1, 0.15) is 30.9 Å². The fourth-order valence-corrected chi connectivity index (χ4v) is 2.27. The first-order valence-corrected chi connectivity index (χ1v) is 5.96. The largest absolute Gasteiger partial charge is 0.378 e. The molecular formula is C13H21N3. The van der Waals surface area contributed by atoms with E-state index in [9.17, 15) is 0 Å². The monoisotopic (exact) mass is 219 g/mol. The summed E-state index contributed by atoms with van der Waals surface area (Å²) < 4.78 is 0. The molecule has 1 aromatic carbocycles. The molecule has 16 heavy (non-hydrogen) atoms. The van der Waals surface area contributed by atoms with Crippen LogP contribution in [0.5, 0.6) is 0 Å². The van der Waals surface area contributed by atoms with Crippen molar-refractivity contribution >= 4 is 5.69 Å². The molecule has 0 amide bonds. The fraction of sp³-hybridized carbons (Fsp3) is 0.538. The lowest BCUT2D eigenvalue weighted by Crippen LogP contribution is -2.36. The van der Waals surface area contributed by atoms with Crippen LogP contribution in [0.25, 0.3) is 0 Å². The number of hydrogen-bond acceptors (Lipinski definition) is 3. The van der Waals surface area contributed by atoms with Crippen molar-refractivity contribution in [2.24, 2.45) is 11.8 Å². The number of anilines is 1. The summed E-state index contributed by atoms with van der Waals surface area (Å²) in [6.07, 6.45) is 3.93. The van der Waals surface area contributed by atoms with Gasteiger partial charge >= 0.3 is 0 Å². The summed E-state index contributed by atoms with van der Waals surface area (Å²) in [7, 11) is 4.13. The molecule has 2 rings (SSSR count). The summed E-state index contributed by atoms with van der Waals surface area (Å²) in [5.41, 5.74) is 5.51. The molecule has 0 spiro atoms. The van der Waals surface area contributed by atoms with E-state index in [1.165, 1.54) is 30.5 Å². The van der Waals surface area contributed by atoms with Crippen molar-refractivity contribution in [1.29, 1.82) is 0 Å². The van der Waals surface area contributed by atoms with Crippen molar-refractivity contribution < 1.29 is 0 Å². The predicted octanol–water partition coefficient (Wildman–Crippen LogP) is 2.06. The number of nitrogens with one attached hydrogen (secondary N) is 1. The molecule has 1 aromatic rings. The van der Waals surface area contributed by atoms with E-state index in [4.69, 9.17) is 5.84 Å². The number of rotatable bonds is 4. The Hall–Kier alpha value is -1.06. The highest BCUT2D eigenvalue weighted by molar-refractivity contribution is 5.48. The molecule has 3 N–H and O–H groups in total. The van der Waals surface area contributed by atoms with Gasteiger partial charge in [0.1, 0.15) is 0 Å². The molecule has 1 saturated carbocycles. The van der Waals surface area contributed by atoms with E-state index in [0.717, 1.165) is 0 Å². The van der Waals surface area contributed by atoms with E-state index in [2.05, 4.69) is 48.7 Å². The van der Waals surface area contributed by atoms with Crippen molar-refractivity contribution in [2.75, 3.05) is 19.0 Å². The minimum absolute atomic E-state index is 0.314. The van der Waals surface area contributed by atoms with Gasteiger partial charge in [0.05, 0.1) is 0 Å². The minimum Gasteiger partial charge on any atom is -0.378 e. The third-order valence-electron chi connectivity index (χ3n) is 3.55. The Balaban J connectivity index is 2.20. The first-order chi connectivity index (χ1) is 7.72. The molecule has 1 aliphatic rings. The average molecular weight is 219 g/mol. The van der Waals surface area contributed by atoms with Gasteiger partial charge in [-0.2, -0.15) is 0 Å². The van der Waals surface area contributed by atoms with Gasteiger partial charge in [0.2, 0.25) is 0 Å². The summed E-state index contributed by atoms with van der Waals surface area (Å²) in [5.74, 6) is 6.39. The predicted molar refractivity (Wildman–Crippen MR) is 68.2 cm³/mol. The SMILES string of the molecule is CN(C)c1cccc(C(NN)C2CCC2)c1. The number of benzene rings is 1. The van der Waals surface area contributed by atoms with Crippen molar-refractivity contribution in [3.05, 3.63) is 29.8 Å². The van der Waals surface area contributed by atoms with Gasteiger partial charge in [-0.05, 0) is 36.5 Å². The highest BCUT2D eigenvalue weighted by Gasteiger charge is 2.27. The molecular weight excluding hydrogens is 198 g/mol. The normalized spacial score (nSPS) is 17.9. The van der Waals surface area contributed by atoms with Crippen LogP contribution in [0.3, 0.4) is 0 Å². The van der Waals surface area contributed by atoms with Crippen molar-refractivity contribution in [2.45, 2.75) is 25.3 Å². The fourth-order valence-electron chi connectivity index (χ4n) is 2.27. The molecule has 88 valence electrons. The van der Waals surface area contributed by atoms with Gasteiger partial charge in [0.15, 0.2) is 0 Å². The standard InChI is InChI=1S/C13H21N3/c1-16(2)12-8-4-7-11(9-12)13(15-14)10-5-3-6-10/h4,7-10,13,15H,3,5-6,14H2,1-2H3. The topological polar surface area (TPSA) is 41.3 Å². The van der Waals surface area contributed by atoms with E-state index < -0.39 is 0 Å². The van der Waals surface area contributed by atoms with Gasteiger partial charge in [-0.3, -0.25) is 11.3 Å². The molecule has 0 heterocycles. The maximum atomic E-state index is 5.68. The van der Waals surface area contributed by atoms with Crippen molar-refractivity contribution in [3.8, 4) is 0 Å². The van der Waals surface area contributed by atoms with E-state index in [0.29, 0.717) is 12.0 Å². The number of hydrogen-bond donors (Lipinski definition) is 2. The van der Waals surface area contributed by atoms with Crippen LogP contribution in [0.4, 0.5) is 5.69 Å². The quantitative estimate of drug-likeness (QED) is 0.601. The molecule has 3 nitrogen and oxygen atoms in total. The molecule has 0 bridgehead atoms. The Bertz CT molecular complexity index is 345. The summed E-state index contributed by atoms with van der Waals surface area (Å²) in [4.78, 5) is 2.12. The summed E-state index contributed by atoms with van der Waals surface area (Å²) in [6.45, 7) is 0. The van der Waals surface area contributed by atoms with Crippen LogP contribution >= 0.6 is 0 Å². The number of nitrogens with two attached hydrogens (primary N) is 1. The second-order valence-electron chi connectivity index (χ2n) is 4.82. The van der Waals surface area contributed by atoms with Gasteiger partial charge in [0, 0.05) is 25.8 Å². The third-order valence-corrected chi connectivity index (χ3v) is 3.55. The summed E-state index contributed by atoms with van der Waals surface area (Å²) in [6, 6.07) is 8.93. The Labute approximate surface area is 97.6 Å². The number of hydrazine groups is 1. The zero-order chi connectivity index (χ0) is 11.5. The van der Waals surface area contributed by atoms with Crippen molar-refractivity contribution in [3.63, 3.8) is 0 Å². The van der Waals surface area contributed by atoms with E-state index >= 15 is 0 Å². The molecule has 0 aromatic heterocycles. The summed E-state index contributed by atoms with van der Waals surface area (Å²) >= 11 is 0. The second-order valence-corrected chi connectivity index (χ2v) is 4.82. The first-order valence-electron chi connectivity index (χ1n) is 5.96.